The third-order valence-electron chi connectivity index (χ3n) is 5.68. The summed E-state index contributed by atoms with van der Waals surface area (Å²) in [4.78, 5) is 12.4. The van der Waals surface area contributed by atoms with E-state index in [1.807, 2.05) is 0 Å². The summed E-state index contributed by atoms with van der Waals surface area (Å²) in [5.74, 6) is 0.532. The SMILES string of the molecule is Cl.O=C(NCCc1cccc2ccccc12)C1CC12CCNCC2. The van der Waals surface area contributed by atoms with E-state index in [0.29, 0.717) is 5.41 Å². The Labute approximate surface area is 149 Å². The Morgan fingerprint density at radius 1 is 1.12 bits per heavy atom. The number of carbonyl (C=O) groups excluding carboxylic acids is 1. The maximum absolute atomic E-state index is 12.4. The molecule has 2 aliphatic rings. The molecule has 0 bridgehead atoms. The van der Waals surface area contributed by atoms with Gasteiger partial charge in [-0.3, -0.25) is 4.79 Å². The molecule has 1 atom stereocenters. The van der Waals surface area contributed by atoms with Crippen molar-refractivity contribution in [3.63, 3.8) is 0 Å². The van der Waals surface area contributed by atoms with E-state index in [0.717, 1.165) is 45.3 Å². The Bertz CT molecular complexity index is 719. The van der Waals surface area contributed by atoms with Crippen LogP contribution in [0.4, 0.5) is 0 Å². The van der Waals surface area contributed by atoms with Crippen molar-refractivity contribution in [2.45, 2.75) is 25.7 Å². The summed E-state index contributed by atoms with van der Waals surface area (Å²) in [5.41, 5.74) is 1.64. The lowest BCUT2D eigenvalue weighted by atomic mass is 9.92. The molecule has 1 heterocycles. The minimum absolute atomic E-state index is 0. The first kappa shape index (κ1) is 17.2. The van der Waals surface area contributed by atoms with E-state index in [9.17, 15) is 4.79 Å². The smallest absolute Gasteiger partial charge is 0.223 e. The highest BCUT2D eigenvalue weighted by atomic mass is 35.5. The van der Waals surface area contributed by atoms with E-state index >= 15 is 0 Å². The van der Waals surface area contributed by atoms with Crippen LogP contribution < -0.4 is 10.6 Å². The number of fused-ring (bicyclic) bond motifs is 1. The van der Waals surface area contributed by atoms with Crippen molar-refractivity contribution in [1.29, 1.82) is 0 Å². The molecule has 0 radical (unpaired) electrons. The van der Waals surface area contributed by atoms with Crippen LogP contribution in [0.2, 0.25) is 0 Å². The molecular weight excluding hydrogens is 320 g/mol. The Kier molecular flexibility index (Phi) is 5.12. The average molecular weight is 345 g/mol. The Morgan fingerprint density at radius 2 is 1.88 bits per heavy atom. The summed E-state index contributed by atoms with van der Waals surface area (Å²) in [6.07, 6.45) is 4.31. The topological polar surface area (TPSA) is 41.1 Å². The molecule has 1 aliphatic carbocycles. The van der Waals surface area contributed by atoms with Gasteiger partial charge in [0.1, 0.15) is 0 Å². The van der Waals surface area contributed by atoms with Crippen LogP contribution >= 0.6 is 12.4 Å². The molecule has 1 saturated carbocycles. The number of rotatable bonds is 4. The van der Waals surface area contributed by atoms with Crippen LogP contribution in [0, 0.1) is 11.3 Å². The number of amides is 1. The van der Waals surface area contributed by atoms with Gasteiger partial charge < -0.3 is 10.6 Å². The van der Waals surface area contributed by atoms with Gasteiger partial charge >= 0.3 is 0 Å². The van der Waals surface area contributed by atoms with E-state index in [1.165, 1.54) is 16.3 Å². The van der Waals surface area contributed by atoms with Crippen molar-refractivity contribution in [3.05, 3.63) is 48.0 Å². The highest BCUT2D eigenvalue weighted by molar-refractivity contribution is 5.86. The molecule has 2 aromatic carbocycles. The van der Waals surface area contributed by atoms with Crippen LogP contribution in [-0.4, -0.2) is 25.5 Å². The highest BCUT2D eigenvalue weighted by Gasteiger charge is 2.57. The second-order valence-corrected chi connectivity index (χ2v) is 7.05. The van der Waals surface area contributed by atoms with Crippen LogP contribution in [0.3, 0.4) is 0 Å². The number of halogens is 1. The maximum Gasteiger partial charge on any atom is 0.223 e. The van der Waals surface area contributed by atoms with E-state index in [2.05, 4.69) is 53.1 Å². The fourth-order valence-corrected chi connectivity index (χ4v) is 4.15. The number of hydrogen-bond acceptors (Lipinski definition) is 2. The zero-order valence-corrected chi connectivity index (χ0v) is 14.7. The average Bonchev–Trinajstić information content (AvgIpc) is 3.29. The molecule has 1 unspecified atom stereocenters. The Balaban J connectivity index is 0.00000169. The molecule has 3 nitrogen and oxygen atoms in total. The number of carbonyl (C=O) groups is 1. The van der Waals surface area contributed by atoms with Crippen LogP contribution in [-0.2, 0) is 11.2 Å². The lowest BCUT2D eigenvalue weighted by molar-refractivity contribution is -0.123. The van der Waals surface area contributed by atoms with E-state index < -0.39 is 0 Å². The summed E-state index contributed by atoms with van der Waals surface area (Å²) in [5, 5.41) is 9.13. The largest absolute Gasteiger partial charge is 0.356 e. The monoisotopic (exact) mass is 344 g/mol. The third kappa shape index (κ3) is 3.28. The maximum atomic E-state index is 12.4. The second kappa shape index (κ2) is 7.12. The van der Waals surface area contributed by atoms with Crippen molar-refractivity contribution in [2.24, 2.45) is 11.3 Å². The van der Waals surface area contributed by atoms with Gasteiger partial charge in [0, 0.05) is 12.5 Å². The molecule has 4 heteroatoms. The quantitative estimate of drug-likeness (QED) is 0.893. The van der Waals surface area contributed by atoms with Gasteiger partial charge in [-0.15, -0.1) is 12.4 Å². The zero-order chi connectivity index (χ0) is 15.7. The molecule has 24 heavy (non-hydrogen) atoms. The number of hydrogen-bond donors (Lipinski definition) is 2. The van der Waals surface area contributed by atoms with E-state index in [1.54, 1.807) is 0 Å². The molecule has 128 valence electrons. The van der Waals surface area contributed by atoms with Gasteiger partial charge in [-0.1, -0.05) is 42.5 Å². The second-order valence-electron chi connectivity index (χ2n) is 7.05. The standard InChI is InChI=1S/C20H24N2O.ClH/c23-19(18-14-20(18)9-12-21-13-10-20)22-11-8-16-6-3-5-15-4-1-2-7-17(15)16;/h1-7,18,21H,8-14H2,(H,22,23);1H. The lowest BCUT2D eigenvalue weighted by Crippen LogP contribution is -2.34. The van der Waals surface area contributed by atoms with Crippen molar-refractivity contribution >= 4 is 29.1 Å². The minimum atomic E-state index is 0. The van der Waals surface area contributed by atoms with Gasteiger partial charge in [-0.05, 0) is 60.5 Å². The fourth-order valence-electron chi connectivity index (χ4n) is 4.15. The van der Waals surface area contributed by atoms with Gasteiger partial charge in [-0.25, -0.2) is 0 Å². The molecule has 1 aliphatic heterocycles. The summed E-state index contributed by atoms with van der Waals surface area (Å²) in [7, 11) is 0. The minimum Gasteiger partial charge on any atom is -0.356 e. The van der Waals surface area contributed by atoms with Crippen LogP contribution in [0.25, 0.3) is 10.8 Å². The predicted octanol–water partition coefficient (Wildman–Crippen LogP) is 3.31. The normalized spacial score (nSPS) is 21.2. The molecule has 1 spiro atoms. The van der Waals surface area contributed by atoms with Crippen molar-refractivity contribution < 1.29 is 4.79 Å². The van der Waals surface area contributed by atoms with E-state index in [-0.39, 0.29) is 24.2 Å². The number of nitrogens with one attached hydrogen (secondary N) is 2. The first-order valence-corrected chi connectivity index (χ1v) is 8.74. The van der Waals surface area contributed by atoms with Gasteiger partial charge in [0.05, 0.1) is 0 Å². The van der Waals surface area contributed by atoms with Crippen LogP contribution in [0.5, 0.6) is 0 Å². The van der Waals surface area contributed by atoms with Gasteiger partial charge in [0.2, 0.25) is 5.91 Å². The lowest BCUT2D eigenvalue weighted by Gasteiger charge is -2.23. The van der Waals surface area contributed by atoms with Gasteiger partial charge in [-0.2, -0.15) is 0 Å². The number of piperidine rings is 1. The molecular formula is C20H25ClN2O. The third-order valence-corrected chi connectivity index (χ3v) is 5.68. The van der Waals surface area contributed by atoms with E-state index in [4.69, 9.17) is 0 Å². The highest BCUT2D eigenvalue weighted by Crippen LogP contribution is 2.58. The van der Waals surface area contributed by atoms with Gasteiger partial charge in [0.25, 0.3) is 0 Å². The molecule has 1 amide bonds. The molecule has 2 N–H and O–H groups in total. The van der Waals surface area contributed by atoms with Crippen molar-refractivity contribution in [1.82, 2.24) is 10.6 Å². The fraction of sp³-hybridized carbons (Fsp3) is 0.450. The van der Waals surface area contributed by atoms with Crippen LogP contribution in [0.15, 0.2) is 42.5 Å². The molecule has 0 aromatic heterocycles. The van der Waals surface area contributed by atoms with Crippen LogP contribution in [0.1, 0.15) is 24.8 Å². The Morgan fingerprint density at radius 3 is 2.71 bits per heavy atom. The summed E-state index contributed by atoms with van der Waals surface area (Å²) < 4.78 is 0. The molecule has 2 aromatic rings. The Hall–Kier alpha value is -1.58. The molecule has 2 fully saturated rings. The summed E-state index contributed by atoms with van der Waals surface area (Å²) in [6, 6.07) is 14.9. The summed E-state index contributed by atoms with van der Waals surface area (Å²) in [6.45, 7) is 2.87. The molecule has 1 saturated heterocycles. The molecule has 4 rings (SSSR count). The first-order chi connectivity index (χ1) is 11.3. The first-order valence-electron chi connectivity index (χ1n) is 8.74. The summed E-state index contributed by atoms with van der Waals surface area (Å²) >= 11 is 0. The number of benzene rings is 2. The van der Waals surface area contributed by atoms with Crippen molar-refractivity contribution in [3.8, 4) is 0 Å². The van der Waals surface area contributed by atoms with Gasteiger partial charge in [0.15, 0.2) is 0 Å². The van der Waals surface area contributed by atoms with Crippen molar-refractivity contribution in [2.75, 3.05) is 19.6 Å². The zero-order valence-electron chi connectivity index (χ0n) is 13.9. The predicted molar refractivity (Wildman–Crippen MR) is 101 cm³/mol.